The zero-order chi connectivity index (χ0) is 13.8. The predicted molar refractivity (Wildman–Crippen MR) is 62.3 cm³/mol. The molecule has 18 heavy (non-hydrogen) atoms. The third kappa shape index (κ3) is 3.73. The summed E-state index contributed by atoms with van der Waals surface area (Å²) < 4.78 is 38.0. The van der Waals surface area contributed by atoms with E-state index in [-0.39, 0.29) is 18.2 Å². The summed E-state index contributed by atoms with van der Waals surface area (Å²) in [5.41, 5.74) is -1.27. The van der Waals surface area contributed by atoms with E-state index in [1.807, 2.05) is 6.92 Å². The summed E-state index contributed by atoms with van der Waals surface area (Å²) >= 11 is 0. The van der Waals surface area contributed by atoms with Gasteiger partial charge in [0.25, 0.3) is 5.91 Å². The van der Waals surface area contributed by atoms with Crippen molar-refractivity contribution < 1.29 is 18.0 Å². The molecule has 1 amide bonds. The highest BCUT2D eigenvalue weighted by atomic mass is 19.4. The molecule has 3 nitrogen and oxygen atoms in total. The van der Waals surface area contributed by atoms with E-state index >= 15 is 0 Å². The molecule has 0 aliphatic heterocycles. The summed E-state index contributed by atoms with van der Waals surface area (Å²) in [5.74, 6) is -0.718. The quantitative estimate of drug-likeness (QED) is 0.870. The Kier molecular flexibility index (Phi) is 4.72. The van der Waals surface area contributed by atoms with Crippen LogP contribution in [-0.2, 0) is 6.18 Å². The van der Waals surface area contributed by atoms with E-state index in [2.05, 4.69) is 10.6 Å². The molecule has 1 rings (SSSR count). The first-order chi connectivity index (χ1) is 8.36. The van der Waals surface area contributed by atoms with E-state index in [0.29, 0.717) is 0 Å². The van der Waals surface area contributed by atoms with E-state index in [1.165, 1.54) is 18.2 Å². The lowest BCUT2D eigenvalue weighted by Crippen LogP contribution is -2.37. The number of likely N-dealkylation sites (N-methyl/N-ethyl adjacent to an activating group) is 1. The average molecular weight is 260 g/mol. The molecule has 0 heterocycles. The highest BCUT2D eigenvalue weighted by Crippen LogP contribution is 2.31. The van der Waals surface area contributed by atoms with Crippen LogP contribution in [0.25, 0.3) is 0 Å². The summed E-state index contributed by atoms with van der Waals surface area (Å²) in [6, 6.07) is 4.73. The van der Waals surface area contributed by atoms with Gasteiger partial charge in [-0.1, -0.05) is 12.1 Å². The summed E-state index contributed by atoms with van der Waals surface area (Å²) in [4.78, 5) is 11.7. The van der Waals surface area contributed by atoms with Crippen molar-refractivity contribution in [3.63, 3.8) is 0 Å². The fraction of sp³-hybridized carbons (Fsp3) is 0.417. The third-order valence-corrected chi connectivity index (χ3v) is 2.54. The summed E-state index contributed by atoms with van der Waals surface area (Å²) in [5, 5.41) is 5.34. The molecule has 0 radical (unpaired) electrons. The van der Waals surface area contributed by atoms with Crippen LogP contribution in [0, 0.1) is 0 Å². The standard InChI is InChI=1S/C12H15F3N2O/c1-8(16-2)7-17-11(18)9-5-3-4-6-10(9)12(13,14)15/h3-6,8,16H,7H2,1-2H3,(H,17,18). The zero-order valence-corrected chi connectivity index (χ0v) is 10.1. The number of benzene rings is 1. The Morgan fingerprint density at radius 1 is 1.33 bits per heavy atom. The minimum Gasteiger partial charge on any atom is -0.350 e. The first kappa shape index (κ1) is 14.5. The second-order valence-electron chi connectivity index (χ2n) is 3.94. The van der Waals surface area contributed by atoms with Crippen molar-refractivity contribution in [1.29, 1.82) is 0 Å². The molecule has 6 heteroatoms. The lowest BCUT2D eigenvalue weighted by atomic mass is 10.1. The lowest BCUT2D eigenvalue weighted by molar-refractivity contribution is -0.137. The van der Waals surface area contributed by atoms with Crippen LogP contribution >= 0.6 is 0 Å². The van der Waals surface area contributed by atoms with Crippen LogP contribution in [0.1, 0.15) is 22.8 Å². The summed E-state index contributed by atoms with van der Waals surface area (Å²) in [6.45, 7) is 2.08. The number of amides is 1. The van der Waals surface area contributed by atoms with Crippen molar-refractivity contribution in [2.45, 2.75) is 19.1 Å². The van der Waals surface area contributed by atoms with E-state index < -0.39 is 17.6 Å². The molecule has 0 saturated heterocycles. The molecule has 0 aliphatic rings. The highest BCUT2D eigenvalue weighted by Gasteiger charge is 2.34. The van der Waals surface area contributed by atoms with Crippen LogP contribution in [0.4, 0.5) is 13.2 Å². The molecule has 0 bridgehead atoms. The molecular weight excluding hydrogens is 245 g/mol. The highest BCUT2D eigenvalue weighted by molar-refractivity contribution is 5.95. The van der Waals surface area contributed by atoms with Crippen LogP contribution in [0.3, 0.4) is 0 Å². The van der Waals surface area contributed by atoms with E-state index in [4.69, 9.17) is 0 Å². The summed E-state index contributed by atoms with van der Waals surface area (Å²) in [7, 11) is 1.71. The molecule has 0 saturated carbocycles. The van der Waals surface area contributed by atoms with Gasteiger partial charge in [0.1, 0.15) is 0 Å². The van der Waals surface area contributed by atoms with Gasteiger partial charge in [0, 0.05) is 12.6 Å². The predicted octanol–water partition coefficient (Wildman–Crippen LogP) is 2.04. The van der Waals surface area contributed by atoms with Gasteiger partial charge in [-0.15, -0.1) is 0 Å². The molecule has 1 aromatic carbocycles. The van der Waals surface area contributed by atoms with Gasteiger partial charge < -0.3 is 10.6 Å². The van der Waals surface area contributed by atoms with E-state index in [0.717, 1.165) is 6.07 Å². The van der Waals surface area contributed by atoms with Gasteiger partial charge in [0.15, 0.2) is 0 Å². The molecule has 0 spiro atoms. The van der Waals surface area contributed by atoms with Crippen molar-refractivity contribution in [2.75, 3.05) is 13.6 Å². The van der Waals surface area contributed by atoms with E-state index in [1.54, 1.807) is 7.05 Å². The average Bonchev–Trinajstić information content (AvgIpc) is 2.34. The zero-order valence-electron chi connectivity index (χ0n) is 10.1. The minimum atomic E-state index is -4.53. The Morgan fingerprint density at radius 3 is 2.50 bits per heavy atom. The minimum absolute atomic E-state index is 0.00741. The number of carbonyl (C=O) groups excluding carboxylic acids is 1. The largest absolute Gasteiger partial charge is 0.417 e. The Bertz CT molecular complexity index is 418. The van der Waals surface area contributed by atoms with Crippen molar-refractivity contribution in [3.05, 3.63) is 35.4 Å². The molecular formula is C12H15F3N2O. The first-order valence-corrected chi connectivity index (χ1v) is 5.48. The SMILES string of the molecule is CNC(C)CNC(=O)c1ccccc1C(F)(F)F. The van der Waals surface area contributed by atoms with Crippen molar-refractivity contribution >= 4 is 5.91 Å². The van der Waals surface area contributed by atoms with Gasteiger partial charge in [-0.25, -0.2) is 0 Å². The third-order valence-electron chi connectivity index (χ3n) is 2.54. The topological polar surface area (TPSA) is 41.1 Å². The molecule has 1 atom stereocenters. The first-order valence-electron chi connectivity index (χ1n) is 5.48. The van der Waals surface area contributed by atoms with Crippen molar-refractivity contribution in [2.24, 2.45) is 0 Å². The van der Waals surface area contributed by atoms with Gasteiger partial charge in [0.2, 0.25) is 0 Å². The fourth-order valence-corrected chi connectivity index (χ4v) is 1.37. The number of nitrogens with one attached hydrogen (secondary N) is 2. The number of alkyl halides is 3. The maximum absolute atomic E-state index is 12.7. The molecule has 1 aromatic rings. The Hall–Kier alpha value is -1.56. The van der Waals surface area contributed by atoms with Gasteiger partial charge in [-0.3, -0.25) is 4.79 Å². The molecule has 0 aromatic heterocycles. The lowest BCUT2D eigenvalue weighted by Gasteiger charge is -2.14. The van der Waals surface area contributed by atoms with Crippen LogP contribution < -0.4 is 10.6 Å². The van der Waals surface area contributed by atoms with Crippen LogP contribution in [-0.4, -0.2) is 25.5 Å². The smallest absolute Gasteiger partial charge is 0.350 e. The molecule has 0 aliphatic carbocycles. The van der Waals surface area contributed by atoms with E-state index in [9.17, 15) is 18.0 Å². The maximum Gasteiger partial charge on any atom is 0.417 e. The Morgan fingerprint density at radius 2 is 1.94 bits per heavy atom. The fourth-order valence-electron chi connectivity index (χ4n) is 1.37. The number of rotatable bonds is 4. The monoisotopic (exact) mass is 260 g/mol. The number of halogens is 3. The number of carbonyl (C=O) groups is 1. The Balaban J connectivity index is 2.86. The van der Waals surface area contributed by atoms with Gasteiger partial charge in [-0.05, 0) is 26.1 Å². The Labute approximate surface area is 103 Å². The second-order valence-corrected chi connectivity index (χ2v) is 3.94. The number of hydrogen-bond donors (Lipinski definition) is 2. The van der Waals surface area contributed by atoms with Gasteiger partial charge in [0.05, 0.1) is 11.1 Å². The second kappa shape index (κ2) is 5.86. The van der Waals surface area contributed by atoms with Crippen LogP contribution in [0.5, 0.6) is 0 Å². The van der Waals surface area contributed by atoms with Crippen LogP contribution in [0.2, 0.25) is 0 Å². The van der Waals surface area contributed by atoms with Crippen molar-refractivity contribution in [1.82, 2.24) is 10.6 Å². The summed E-state index contributed by atoms with van der Waals surface area (Å²) in [6.07, 6.45) is -4.53. The van der Waals surface area contributed by atoms with Crippen molar-refractivity contribution in [3.8, 4) is 0 Å². The molecule has 0 fully saturated rings. The van der Waals surface area contributed by atoms with Gasteiger partial charge >= 0.3 is 6.18 Å². The number of hydrogen-bond acceptors (Lipinski definition) is 2. The van der Waals surface area contributed by atoms with Gasteiger partial charge in [-0.2, -0.15) is 13.2 Å². The molecule has 100 valence electrons. The normalized spacial score (nSPS) is 13.2. The maximum atomic E-state index is 12.7. The van der Waals surface area contributed by atoms with Crippen LogP contribution in [0.15, 0.2) is 24.3 Å². The molecule has 2 N–H and O–H groups in total. The molecule has 1 unspecified atom stereocenters.